The number of carbonyl (C=O) groups is 2. The average Bonchev–Trinajstić information content (AvgIpc) is 2.66. The summed E-state index contributed by atoms with van der Waals surface area (Å²) in [4.78, 5) is 32.0. The molecule has 0 fully saturated rings. The van der Waals surface area contributed by atoms with E-state index >= 15 is 0 Å². The Bertz CT molecular complexity index is 916. The number of carbonyl (C=O) groups excluding carboxylic acids is 2. The summed E-state index contributed by atoms with van der Waals surface area (Å²) < 4.78 is 15.2. The molecule has 1 aromatic heterocycles. The molecule has 0 radical (unpaired) electrons. The molecule has 0 saturated heterocycles. The van der Waals surface area contributed by atoms with E-state index in [0.717, 1.165) is 0 Å². The monoisotopic (exact) mass is 338 g/mol. The van der Waals surface area contributed by atoms with Gasteiger partial charge in [-0.3, -0.25) is 0 Å². The van der Waals surface area contributed by atoms with Gasteiger partial charge in [0.2, 0.25) is 5.88 Å². The lowest BCUT2D eigenvalue weighted by atomic mass is 10.1. The highest BCUT2D eigenvalue weighted by Gasteiger charge is 2.16. The quantitative estimate of drug-likeness (QED) is 0.676. The predicted molar refractivity (Wildman–Crippen MR) is 88.7 cm³/mol. The second kappa shape index (κ2) is 6.96. The van der Waals surface area contributed by atoms with Crippen molar-refractivity contribution < 1.29 is 23.8 Å². The summed E-state index contributed by atoms with van der Waals surface area (Å²) >= 11 is 0. The molecule has 0 amide bonds. The molecule has 2 aromatic carbocycles. The summed E-state index contributed by atoms with van der Waals surface area (Å²) in [5.74, 6) is -0.623. The molecule has 25 heavy (non-hydrogen) atoms. The first-order valence-electron chi connectivity index (χ1n) is 7.31. The van der Waals surface area contributed by atoms with Crippen molar-refractivity contribution >= 4 is 22.8 Å². The zero-order valence-corrected chi connectivity index (χ0v) is 13.6. The molecule has 7 nitrogen and oxygen atoms in total. The van der Waals surface area contributed by atoms with Crippen molar-refractivity contribution in [3.8, 4) is 11.6 Å². The number of esters is 2. The Balaban J connectivity index is 2.06. The number of benzene rings is 2. The third kappa shape index (κ3) is 3.40. The van der Waals surface area contributed by atoms with Gasteiger partial charge in [0.15, 0.2) is 0 Å². The van der Waals surface area contributed by atoms with Crippen LogP contribution in [0.5, 0.6) is 11.6 Å². The van der Waals surface area contributed by atoms with Crippen molar-refractivity contribution in [3.05, 3.63) is 59.9 Å². The number of methoxy groups -OCH3 is 2. The van der Waals surface area contributed by atoms with Gasteiger partial charge in [-0.25, -0.2) is 19.6 Å². The first-order chi connectivity index (χ1) is 12.1. The largest absolute Gasteiger partial charge is 0.465 e. The van der Waals surface area contributed by atoms with Gasteiger partial charge in [0.05, 0.1) is 36.2 Å². The Morgan fingerprint density at radius 3 is 2.16 bits per heavy atom. The molecule has 0 spiro atoms. The topological polar surface area (TPSA) is 87.6 Å². The number of hydrogen-bond acceptors (Lipinski definition) is 7. The van der Waals surface area contributed by atoms with Gasteiger partial charge in [0.1, 0.15) is 12.1 Å². The Kier molecular flexibility index (Phi) is 4.56. The lowest BCUT2D eigenvalue weighted by Crippen LogP contribution is -2.07. The van der Waals surface area contributed by atoms with Crippen molar-refractivity contribution in [2.75, 3.05) is 14.2 Å². The molecular formula is C18H14N2O5. The maximum Gasteiger partial charge on any atom is 0.338 e. The standard InChI is InChI=1S/C18H14N2O5/c1-23-17(21)11-7-12(18(22)24-2)9-13(8-11)25-16-14-5-3-4-6-15(14)19-10-20-16/h3-10H,1-2H3. The molecule has 0 aliphatic rings. The minimum absolute atomic E-state index is 0.166. The molecular weight excluding hydrogens is 324 g/mol. The van der Waals surface area contributed by atoms with Crippen LogP contribution in [0.25, 0.3) is 10.9 Å². The van der Waals surface area contributed by atoms with E-state index in [4.69, 9.17) is 14.2 Å². The van der Waals surface area contributed by atoms with Crippen LogP contribution in [0.3, 0.4) is 0 Å². The molecule has 126 valence electrons. The minimum Gasteiger partial charge on any atom is -0.465 e. The van der Waals surface area contributed by atoms with Gasteiger partial charge in [-0.1, -0.05) is 12.1 Å². The smallest absolute Gasteiger partial charge is 0.338 e. The fourth-order valence-corrected chi connectivity index (χ4v) is 2.30. The van der Waals surface area contributed by atoms with E-state index in [1.807, 2.05) is 24.3 Å². The van der Waals surface area contributed by atoms with Gasteiger partial charge in [0.25, 0.3) is 0 Å². The Morgan fingerprint density at radius 2 is 1.52 bits per heavy atom. The molecule has 0 aliphatic heterocycles. The van der Waals surface area contributed by atoms with Gasteiger partial charge in [-0.05, 0) is 30.3 Å². The van der Waals surface area contributed by atoms with E-state index in [-0.39, 0.29) is 16.9 Å². The normalized spacial score (nSPS) is 10.3. The van der Waals surface area contributed by atoms with Crippen LogP contribution in [0, 0.1) is 0 Å². The lowest BCUT2D eigenvalue weighted by molar-refractivity contribution is 0.0598. The number of fused-ring (bicyclic) bond motifs is 1. The van der Waals surface area contributed by atoms with Crippen LogP contribution in [-0.2, 0) is 9.47 Å². The average molecular weight is 338 g/mol. The van der Waals surface area contributed by atoms with Gasteiger partial charge in [-0.15, -0.1) is 0 Å². The summed E-state index contributed by atoms with van der Waals surface area (Å²) in [6.45, 7) is 0. The van der Waals surface area contributed by atoms with Crippen molar-refractivity contribution in [2.24, 2.45) is 0 Å². The molecule has 0 N–H and O–H groups in total. The van der Waals surface area contributed by atoms with Crippen molar-refractivity contribution in [1.82, 2.24) is 9.97 Å². The van der Waals surface area contributed by atoms with Crippen LogP contribution >= 0.6 is 0 Å². The van der Waals surface area contributed by atoms with Gasteiger partial charge >= 0.3 is 11.9 Å². The number of nitrogens with zero attached hydrogens (tertiary/aromatic N) is 2. The second-order valence-electron chi connectivity index (χ2n) is 5.03. The van der Waals surface area contributed by atoms with Crippen LogP contribution in [0.2, 0.25) is 0 Å². The van der Waals surface area contributed by atoms with Gasteiger partial charge in [-0.2, -0.15) is 0 Å². The van der Waals surface area contributed by atoms with Crippen LogP contribution < -0.4 is 4.74 Å². The van der Waals surface area contributed by atoms with E-state index in [1.54, 1.807) is 0 Å². The van der Waals surface area contributed by atoms with Crippen molar-refractivity contribution in [1.29, 1.82) is 0 Å². The molecule has 1 heterocycles. The van der Waals surface area contributed by atoms with Crippen LogP contribution in [0.4, 0.5) is 0 Å². The highest BCUT2D eigenvalue weighted by atomic mass is 16.5. The van der Waals surface area contributed by atoms with Crippen molar-refractivity contribution in [3.63, 3.8) is 0 Å². The van der Waals surface area contributed by atoms with E-state index in [0.29, 0.717) is 16.8 Å². The number of hydrogen-bond donors (Lipinski definition) is 0. The lowest BCUT2D eigenvalue weighted by Gasteiger charge is -2.10. The number of aromatic nitrogens is 2. The highest BCUT2D eigenvalue weighted by molar-refractivity contribution is 5.96. The summed E-state index contributed by atoms with van der Waals surface area (Å²) in [5.41, 5.74) is 1.04. The van der Waals surface area contributed by atoms with E-state index < -0.39 is 11.9 Å². The van der Waals surface area contributed by atoms with Crippen molar-refractivity contribution in [2.45, 2.75) is 0 Å². The summed E-state index contributed by atoms with van der Waals surface area (Å²) in [5, 5.41) is 0.702. The molecule has 0 atom stereocenters. The molecule has 3 aromatic rings. The van der Waals surface area contributed by atoms with Gasteiger partial charge in [0, 0.05) is 0 Å². The fourth-order valence-electron chi connectivity index (χ4n) is 2.30. The minimum atomic E-state index is -0.594. The van der Waals surface area contributed by atoms with Crippen LogP contribution in [0.1, 0.15) is 20.7 Å². The molecule has 0 aliphatic carbocycles. The molecule has 0 bridgehead atoms. The third-order valence-electron chi connectivity index (χ3n) is 3.47. The van der Waals surface area contributed by atoms with E-state index in [1.165, 1.54) is 38.7 Å². The fraction of sp³-hybridized carbons (Fsp3) is 0.111. The molecule has 0 unspecified atom stereocenters. The zero-order valence-electron chi connectivity index (χ0n) is 13.6. The van der Waals surface area contributed by atoms with Gasteiger partial charge < -0.3 is 14.2 Å². The predicted octanol–water partition coefficient (Wildman–Crippen LogP) is 3.00. The summed E-state index contributed by atoms with van der Waals surface area (Å²) in [6, 6.07) is 11.6. The maximum atomic E-state index is 11.8. The second-order valence-corrected chi connectivity index (χ2v) is 5.03. The number of ether oxygens (including phenoxy) is 3. The Morgan fingerprint density at radius 1 is 0.880 bits per heavy atom. The molecule has 0 saturated carbocycles. The summed E-state index contributed by atoms with van der Waals surface area (Å²) in [6.07, 6.45) is 1.38. The summed E-state index contributed by atoms with van der Waals surface area (Å²) in [7, 11) is 2.51. The zero-order chi connectivity index (χ0) is 17.8. The van der Waals surface area contributed by atoms with E-state index in [9.17, 15) is 9.59 Å². The first kappa shape index (κ1) is 16.4. The van der Waals surface area contributed by atoms with Crippen LogP contribution in [-0.4, -0.2) is 36.1 Å². The first-order valence-corrected chi connectivity index (χ1v) is 7.31. The highest BCUT2D eigenvalue weighted by Crippen LogP contribution is 2.28. The number of rotatable bonds is 4. The number of para-hydroxylation sites is 1. The SMILES string of the molecule is COC(=O)c1cc(Oc2ncnc3ccccc23)cc(C(=O)OC)c1. The Labute approximate surface area is 143 Å². The molecule has 3 rings (SSSR count). The third-order valence-corrected chi connectivity index (χ3v) is 3.47. The van der Waals surface area contributed by atoms with E-state index in [2.05, 4.69) is 9.97 Å². The Hall–Kier alpha value is -3.48. The van der Waals surface area contributed by atoms with Crippen LogP contribution in [0.15, 0.2) is 48.8 Å². The maximum absolute atomic E-state index is 11.8. The molecule has 7 heteroatoms.